The van der Waals surface area contributed by atoms with Crippen LogP contribution in [0, 0.1) is 5.82 Å². The number of rotatable bonds is 4. The van der Waals surface area contributed by atoms with Gasteiger partial charge in [-0.05, 0) is 50.3 Å². The number of aliphatic imine (C=N–C) groups is 1. The maximum Gasteiger partial charge on any atom is 0.254 e. The summed E-state index contributed by atoms with van der Waals surface area (Å²) in [4.78, 5) is 6.47. The van der Waals surface area contributed by atoms with E-state index in [4.69, 9.17) is 10.3 Å². The summed E-state index contributed by atoms with van der Waals surface area (Å²) < 4.78 is 20.4. The molecule has 0 saturated carbocycles. The summed E-state index contributed by atoms with van der Waals surface area (Å²) in [5.41, 5.74) is 10.7. The van der Waals surface area contributed by atoms with Crippen molar-refractivity contribution < 1.29 is 8.91 Å². The summed E-state index contributed by atoms with van der Waals surface area (Å²) in [5.74, 6) is 0.510. The van der Waals surface area contributed by atoms with Crippen molar-refractivity contribution in [1.29, 1.82) is 0 Å². The Morgan fingerprint density at radius 2 is 1.77 bits per heavy atom. The third-order valence-electron chi connectivity index (χ3n) is 5.50. The van der Waals surface area contributed by atoms with E-state index in [0.717, 1.165) is 48.2 Å². The molecular weight excluding hydrogens is 391 g/mol. The van der Waals surface area contributed by atoms with Gasteiger partial charge in [-0.2, -0.15) is 4.99 Å². The molecule has 0 spiro atoms. The molecule has 6 heteroatoms. The van der Waals surface area contributed by atoms with E-state index in [1.807, 2.05) is 50.2 Å². The maximum absolute atomic E-state index is 14.9. The third kappa shape index (κ3) is 4.68. The van der Waals surface area contributed by atoms with Gasteiger partial charge in [0, 0.05) is 30.3 Å². The number of aromatic nitrogens is 1. The van der Waals surface area contributed by atoms with Crippen LogP contribution >= 0.6 is 0 Å². The Labute approximate surface area is 182 Å². The Morgan fingerprint density at radius 3 is 2.45 bits per heavy atom. The number of guanidine groups is 1. The zero-order chi connectivity index (χ0) is 21.8. The summed E-state index contributed by atoms with van der Waals surface area (Å²) in [5, 5.41) is 4.19. The Morgan fingerprint density at radius 1 is 1.03 bits per heavy atom. The van der Waals surface area contributed by atoms with Crippen LogP contribution in [0.3, 0.4) is 0 Å². The van der Waals surface area contributed by atoms with E-state index in [0.29, 0.717) is 23.1 Å². The Kier molecular flexibility index (Phi) is 6.16. The third-order valence-corrected chi connectivity index (χ3v) is 5.50. The molecule has 31 heavy (non-hydrogen) atoms. The summed E-state index contributed by atoms with van der Waals surface area (Å²) in [7, 11) is 0. The van der Waals surface area contributed by atoms with Crippen molar-refractivity contribution in [3.63, 3.8) is 0 Å². The number of halogens is 1. The first-order valence-corrected chi connectivity index (χ1v) is 10.6. The Hall–Kier alpha value is -3.41. The summed E-state index contributed by atoms with van der Waals surface area (Å²) in [6.07, 6.45) is 3.45. The number of hydrogen-bond acceptors (Lipinski definition) is 3. The SMILES string of the molecule is CC(C)=C(c1ccc(-c2ccccc2)c(F)c1)c1cc(/N=C(/N)N2CCCCC2)on1. The second kappa shape index (κ2) is 9.16. The fourth-order valence-corrected chi connectivity index (χ4v) is 3.96. The first-order chi connectivity index (χ1) is 15.0. The molecule has 0 atom stereocenters. The molecule has 3 aromatic rings. The highest BCUT2D eigenvalue weighted by molar-refractivity contribution is 5.83. The quantitative estimate of drug-likeness (QED) is 0.432. The van der Waals surface area contributed by atoms with Gasteiger partial charge in [0.05, 0.1) is 0 Å². The van der Waals surface area contributed by atoms with E-state index < -0.39 is 0 Å². The predicted octanol–water partition coefficient (Wildman–Crippen LogP) is 5.75. The highest BCUT2D eigenvalue weighted by Crippen LogP contribution is 2.32. The lowest BCUT2D eigenvalue weighted by molar-refractivity contribution is 0.337. The van der Waals surface area contributed by atoms with E-state index >= 15 is 0 Å². The van der Waals surface area contributed by atoms with E-state index in [2.05, 4.69) is 15.0 Å². The van der Waals surface area contributed by atoms with Crippen LogP contribution in [0.25, 0.3) is 16.7 Å². The topological polar surface area (TPSA) is 67.7 Å². The van der Waals surface area contributed by atoms with Gasteiger partial charge in [-0.25, -0.2) is 4.39 Å². The lowest BCUT2D eigenvalue weighted by atomic mass is 9.95. The van der Waals surface area contributed by atoms with Crippen molar-refractivity contribution in [3.05, 3.63) is 77.2 Å². The molecule has 0 bridgehead atoms. The molecule has 0 aliphatic carbocycles. The second-order valence-corrected chi connectivity index (χ2v) is 8.00. The largest absolute Gasteiger partial charge is 0.369 e. The molecule has 2 aromatic carbocycles. The van der Waals surface area contributed by atoms with Gasteiger partial charge < -0.3 is 15.2 Å². The lowest BCUT2D eigenvalue weighted by Crippen LogP contribution is -2.40. The van der Waals surface area contributed by atoms with Crippen molar-refractivity contribution in [2.24, 2.45) is 10.7 Å². The molecule has 1 saturated heterocycles. The monoisotopic (exact) mass is 418 g/mol. The average molecular weight is 419 g/mol. The number of hydrogen-bond donors (Lipinski definition) is 1. The van der Waals surface area contributed by atoms with Gasteiger partial charge in [-0.3, -0.25) is 0 Å². The minimum Gasteiger partial charge on any atom is -0.369 e. The van der Waals surface area contributed by atoms with Crippen LogP contribution in [0.2, 0.25) is 0 Å². The van der Waals surface area contributed by atoms with Crippen LogP contribution in [0.4, 0.5) is 10.3 Å². The average Bonchev–Trinajstić information content (AvgIpc) is 3.22. The van der Waals surface area contributed by atoms with Crippen LogP contribution in [-0.4, -0.2) is 29.1 Å². The van der Waals surface area contributed by atoms with Crippen molar-refractivity contribution in [2.75, 3.05) is 13.1 Å². The lowest BCUT2D eigenvalue weighted by Gasteiger charge is -2.27. The molecule has 1 aliphatic heterocycles. The molecule has 1 aliphatic rings. The van der Waals surface area contributed by atoms with E-state index in [1.165, 1.54) is 6.42 Å². The molecule has 0 amide bonds. The fraction of sp³-hybridized carbons (Fsp3) is 0.280. The van der Waals surface area contributed by atoms with E-state index in [9.17, 15) is 4.39 Å². The first kappa shape index (κ1) is 20.8. The van der Waals surface area contributed by atoms with Crippen molar-refractivity contribution in [2.45, 2.75) is 33.1 Å². The van der Waals surface area contributed by atoms with Gasteiger partial charge in [0.25, 0.3) is 5.88 Å². The van der Waals surface area contributed by atoms with Crippen LogP contribution in [0.15, 0.2) is 69.7 Å². The summed E-state index contributed by atoms with van der Waals surface area (Å²) >= 11 is 0. The maximum atomic E-state index is 14.9. The molecule has 0 radical (unpaired) electrons. The fourth-order valence-electron chi connectivity index (χ4n) is 3.96. The summed E-state index contributed by atoms with van der Waals surface area (Å²) in [6.45, 7) is 5.75. The number of benzene rings is 2. The molecule has 0 unspecified atom stereocenters. The Balaban J connectivity index is 1.62. The number of nitrogens with zero attached hydrogens (tertiary/aromatic N) is 3. The number of likely N-dealkylation sites (tertiary alicyclic amines) is 1. The molecule has 2 heterocycles. The van der Waals surface area contributed by atoms with Gasteiger partial charge >= 0.3 is 0 Å². The first-order valence-electron chi connectivity index (χ1n) is 10.6. The van der Waals surface area contributed by atoms with Gasteiger partial charge in [0.15, 0.2) is 5.96 Å². The smallest absolute Gasteiger partial charge is 0.254 e. The number of nitrogens with two attached hydrogens (primary N) is 1. The van der Waals surface area contributed by atoms with Gasteiger partial charge in [0.1, 0.15) is 11.5 Å². The number of allylic oxidation sites excluding steroid dienone is 1. The van der Waals surface area contributed by atoms with Crippen LogP contribution in [0.5, 0.6) is 0 Å². The van der Waals surface area contributed by atoms with Gasteiger partial charge in [-0.15, -0.1) is 0 Å². The van der Waals surface area contributed by atoms with Gasteiger partial charge in [-0.1, -0.05) is 53.2 Å². The predicted molar refractivity (Wildman–Crippen MR) is 122 cm³/mol. The Bertz CT molecular complexity index is 1110. The van der Waals surface area contributed by atoms with Crippen molar-refractivity contribution in [1.82, 2.24) is 10.1 Å². The number of piperidine rings is 1. The zero-order valence-electron chi connectivity index (χ0n) is 17.9. The normalized spacial score (nSPS) is 14.5. The molecule has 1 fully saturated rings. The highest BCUT2D eigenvalue weighted by Gasteiger charge is 2.17. The van der Waals surface area contributed by atoms with Crippen molar-refractivity contribution in [3.8, 4) is 11.1 Å². The minimum absolute atomic E-state index is 0.279. The van der Waals surface area contributed by atoms with Crippen molar-refractivity contribution >= 4 is 17.4 Å². The van der Waals surface area contributed by atoms with Crippen LogP contribution in [-0.2, 0) is 0 Å². The molecule has 4 rings (SSSR count). The van der Waals surface area contributed by atoms with Crippen LogP contribution < -0.4 is 5.73 Å². The zero-order valence-corrected chi connectivity index (χ0v) is 17.9. The highest BCUT2D eigenvalue weighted by atomic mass is 19.1. The second-order valence-electron chi connectivity index (χ2n) is 8.00. The molecule has 5 nitrogen and oxygen atoms in total. The van der Waals surface area contributed by atoms with Gasteiger partial charge in [0.2, 0.25) is 0 Å². The van der Waals surface area contributed by atoms with E-state index in [1.54, 1.807) is 18.2 Å². The summed E-state index contributed by atoms with van der Waals surface area (Å²) in [6, 6.07) is 16.5. The molecular formula is C25H27FN4O. The molecule has 160 valence electrons. The standard InChI is InChI=1S/C25H27FN4O/c1-17(2)24(19-11-12-20(21(26)15-19)18-9-5-3-6-10-18)22-16-23(31-29-22)28-25(27)30-13-7-4-8-14-30/h3,5-6,9-12,15-16H,4,7-8,13-14H2,1-2H3,(H2,27,28). The molecule has 1 aromatic heterocycles. The molecule has 2 N–H and O–H groups in total. The minimum atomic E-state index is -0.279. The van der Waals surface area contributed by atoms with E-state index in [-0.39, 0.29) is 5.82 Å². The van der Waals surface area contributed by atoms with Crippen LogP contribution in [0.1, 0.15) is 44.4 Å².